The van der Waals surface area contributed by atoms with Crippen LogP contribution in [0, 0.1) is 0 Å². The SMILES string of the molecule is Nc1ncn(CC(=O)NCC2(O)CCCC2)n1. The predicted octanol–water partition coefficient (Wildman–Crippen LogP) is -0.718. The van der Waals surface area contributed by atoms with Crippen LogP contribution in [-0.2, 0) is 11.3 Å². The molecule has 1 saturated carbocycles. The molecule has 7 nitrogen and oxygen atoms in total. The van der Waals surface area contributed by atoms with Crippen LogP contribution in [0.4, 0.5) is 5.95 Å². The topological polar surface area (TPSA) is 106 Å². The van der Waals surface area contributed by atoms with E-state index in [-0.39, 0.29) is 18.4 Å². The highest BCUT2D eigenvalue weighted by Crippen LogP contribution is 2.28. The third kappa shape index (κ3) is 3.16. The highest BCUT2D eigenvalue weighted by molar-refractivity contribution is 5.75. The molecule has 0 bridgehead atoms. The number of nitrogens with two attached hydrogens (primary N) is 1. The first-order valence-electron chi connectivity index (χ1n) is 5.71. The Hall–Kier alpha value is -1.63. The lowest BCUT2D eigenvalue weighted by Crippen LogP contribution is -2.41. The summed E-state index contributed by atoms with van der Waals surface area (Å²) in [6.45, 7) is 0.371. The van der Waals surface area contributed by atoms with Crippen LogP contribution in [0.1, 0.15) is 25.7 Å². The third-order valence-corrected chi connectivity index (χ3v) is 3.01. The normalized spacial score (nSPS) is 18.2. The lowest BCUT2D eigenvalue weighted by Gasteiger charge is -2.22. The Kier molecular flexibility index (Phi) is 3.28. The molecular weight excluding hydrogens is 222 g/mol. The number of nitrogens with one attached hydrogen (secondary N) is 1. The second-order valence-corrected chi connectivity index (χ2v) is 4.51. The molecule has 1 aromatic rings. The molecule has 7 heteroatoms. The molecule has 17 heavy (non-hydrogen) atoms. The summed E-state index contributed by atoms with van der Waals surface area (Å²) in [6.07, 6.45) is 4.95. The van der Waals surface area contributed by atoms with Gasteiger partial charge in [-0.25, -0.2) is 9.67 Å². The van der Waals surface area contributed by atoms with Gasteiger partial charge in [-0.1, -0.05) is 12.8 Å². The van der Waals surface area contributed by atoms with Crippen molar-refractivity contribution in [1.82, 2.24) is 20.1 Å². The molecule has 1 fully saturated rings. The highest BCUT2D eigenvalue weighted by Gasteiger charge is 2.31. The van der Waals surface area contributed by atoms with Gasteiger partial charge in [0.1, 0.15) is 12.9 Å². The minimum absolute atomic E-state index is 0.0697. The maximum Gasteiger partial charge on any atom is 0.241 e. The zero-order chi connectivity index (χ0) is 12.3. The van der Waals surface area contributed by atoms with Crippen LogP contribution in [-0.4, -0.2) is 37.9 Å². The van der Waals surface area contributed by atoms with E-state index in [2.05, 4.69) is 15.4 Å². The largest absolute Gasteiger partial charge is 0.388 e. The summed E-state index contributed by atoms with van der Waals surface area (Å²) in [4.78, 5) is 15.3. The number of rotatable bonds is 4. The van der Waals surface area contributed by atoms with Gasteiger partial charge in [0.15, 0.2) is 0 Å². The molecular formula is C10H17N5O2. The van der Waals surface area contributed by atoms with Crippen LogP contribution in [0.15, 0.2) is 6.33 Å². The Morgan fingerprint density at radius 1 is 1.59 bits per heavy atom. The lowest BCUT2D eigenvalue weighted by molar-refractivity contribution is -0.123. The molecule has 0 saturated heterocycles. The van der Waals surface area contributed by atoms with Crippen molar-refractivity contribution < 1.29 is 9.90 Å². The summed E-state index contributed by atoms with van der Waals surface area (Å²) in [5.41, 5.74) is 4.61. The van der Waals surface area contributed by atoms with Crippen molar-refractivity contribution in [3.05, 3.63) is 6.33 Å². The summed E-state index contributed by atoms with van der Waals surface area (Å²) in [5.74, 6) is -0.0533. The molecule has 94 valence electrons. The van der Waals surface area contributed by atoms with E-state index >= 15 is 0 Å². The smallest absolute Gasteiger partial charge is 0.241 e. The van der Waals surface area contributed by atoms with E-state index in [9.17, 15) is 9.90 Å². The first-order valence-corrected chi connectivity index (χ1v) is 5.71. The molecule has 0 aromatic carbocycles. The number of hydrogen-bond donors (Lipinski definition) is 3. The van der Waals surface area contributed by atoms with E-state index in [4.69, 9.17) is 5.73 Å². The van der Waals surface area contributed by atoms with Gasteiger partial charge in [-0.2, -0.15) is 0 Å². The zero-order valence-corrected chi connectivity index (χ0v) is 9.59. The van der Waals surface area contributed by atoms with Crippen LogP contribution in [0.5, 0.6) is 0 Å². The number of nitrogen functional groups attached to an aromatic ring is 1. The van der Waals surface area contributed by atoms with Crippen LogP contribution in [0.2, 0.25) is 0 Å². The molecule has 0 aliphatic heterocycles. The lowest BCUT2D eigenvalue weighted by atomic mass is 10.0. The van der Waals surface area contributed by atoms with Crippen molar-refractivity contribution in [2.75, 3.05) is 12.3 Å². The fourth-order valence-corrected chi connectivity index (χ4v) is 2.06. The number of nitrogens with zero attached hydrogens (tertiary/aromatic N) is 3. The average molecular weight is 239 g/mol. The Morgan fingerprint density at radius 2 is 2.29 bits per heavy atom. The second kappa shape index (κ2) is 4.70. The molecule has 0 spiro atoms. The quantitative estimate of drug-likeness (QED) is 0.643. The standard InChI is InChI=1S/C10H17N5O2/c11-9-13-7-15(14-9)5-8(16)12-6-10(17)3-1-2-4-10/h7,17H,1-6H2,(H2,11,14)(H,12,16). The number of amides is 1. The van der Waals surface area contributed by atoms with E-state index in [0.717, 1.165) is 25.7 Å². The van der Waals surface area contributed by atoms with Crippen LogP contribution >= 0.6 is 0 Å². The first kappa shape index (κ1) is 11.8. The Bertz CT molecular complexity index is 397. The number of aliphatic hydroxyl groups is 1. The number of carbonyl (C=O) groups is 1. The Balaban J connectivity index is 1.77. The van der Waals surface area contributed by atoms with Crippen molar-refractivity contribution in [2.24, 2.45) is 0 Å². The molecule has 0 atom stereocenters. The Labute approximate surface area is 99.0 Å². The molecule has 0 radical (unpaired) electrons. The molecule has 1 heterocycles. The van der Waals surface area contributed by atoms with Crippen LogP contribution in [0.25, 0.3) is 0 Å². The summed E-state index contributed by atoms with van der Waals surface area (Å²) in [5, 5.41) is 16.6. The summed E-state index contributed by atoms with van der Waals surface area (Å²) >= 11 is 0. The minimum atomic E-state index is -0.725. The van der Waals surface area contributed by atoms with Crippen LogP contribution in [0.3, 0.4) is 0 Å². The van der Waals surface area contributed by atoms with Crippen molar-refractivity contribution in [3.63, 3.8) is 0 Å². The van der Waals surface area contributed by atoms with Gasteiger partial charge < -0.3 is 16.2 Å². The molecule has 2 rings (SSSR count). The fourth-order valence-electron chi connectivity index (χ4n) is 2.06. The van der Waals surface area contributed by atoms with Gasteiger partial charge in [0.2, 0.25) is 11.9 Å². The Morgan fingerprint density at radius 3 is 2.88 bits per heavy atom. The molecule has 0 unspecified atom stereocenters. The van der Waals surface area contributed by atoms with Crippen molar-refractivity contribution in [2.45, 2.75) is 37.8 Å². The van der Waals surface area contributed by atoms with E-state index in [1.165, 1.54) is 11.0 Å². The zero-order valence-electron chi connectivity index (χ0n) is 9.59. The van der Waals surface area contributed by atoms with Crippen molar-refractivity contribution >= 4 is 11.9 Å². The van der Waals surface area contributed by atoms with Gasteiger partial charge in [-0.15, -0.1) is 5.10 Å². The molecule has 4 N–H and O–H groups in total. The van der Waals surface area contributed by atoms with Gasteiger partial charge in [0.05, 0.1) is 5.60 Å². The molecule has 1 aliphatic rings. The predicted molar refractivity (Wildman–Crippen MR) is 60.9 cm³/mol. The number of carbonyl (C=O) groups excluding carboxylic acids is 1. The third-order valence-electron chi connectivity index (χ3n) is 3.01. The van der Waals surface area contributed by atoms with E-state index < -0.39 is 5.60 Å². The summed E-state index contributed by atoms with van der Waals surface area (Å²) in [6, 6.07) is 0. The first-order chi connectivity index (χ1) is 8.07. The molecule has 1 aliphatic carbocycles. The van der Waals surface area contributed by atoms with E-state index in [1.54, 1.807) is 0 Å². The van der Waals surface area contributed by atoms with Gasteiger partial charge in [0, 0.05) is 6.54 Å². The number of hydrogen-bond acceptors (Lipinski definition) is 5. The van der Waals surface area contributed by atoms with Gasteiger partial charge >= 0.3 is 0 Å². The number of anilines is 1. The minimum Gasteiger partial charge on any atom is -0.388 e. The maximum absolute atomic E-state index is 11.6. The highest BCUT2D eigenvalue weighted by atomic mass is 16.3. The number of aromatic nitrogens is 3. The fraction of sp³-hybridized carbons (Fsp3) is 0.700. The molecule has 1 aromatic heterocycles. The summed E-state index contributed by atoms with van der Waals surface area (Å²) < 4.78 is 1.36. The summed E-state index contributed by atoms with van der Waals surface area (Å²) in [7, 11) is 0. The molecule has 1 amide bonds. The van der Waals surface area contributed by atoms with E-state index in [0.29, 0.717) is 6.54 Å². The monoisotopic (exact) mass is 239 g/mol. The van der Waals surface area contributed by atoms with Crippen molar-refractivity contribution in [3.8, 4) is 0 Å². The average Bonchev–Trinajstić information content (AvgIpc) is 2.86. The van der Waals surface area contributed by atoms with Crippen LogP contribution < -0.4 is 11.1 Å². The van der Waals surface area contributed by atoms with E-state index in [1.807, 2.05) is 0 Å². The van der Waals surface area contributed by atoms with Crippen molar-refractivity contribution in [1.29, 1.82) is 0 Å². The van der Waals surface area contributed by atoms with Gasteiger partial charge in [-0.05, 0) is 12.8 Å². The maximum atomic E-state index is 11.6. The van der Waals surface area contributed by atoms with Gasteiger partial charge in [0.25, 0.3) is 0 Å². The van der Waals surface area contributed by atoms with Gasteiger partial charge in [-0.3, -0.25) is 4.79 Å². The second-order valence-electron chi connectivity index (χ2n) is 4.51.